The highest BCUT2D eigenvalue weighted by molar-refractivity contribution is 7.15. The second-order valence-electron chi connectivity index (χ2n) is 5.64. The van der Waals surface area contributed by atoms with Crippen LogP contribution in [0.2, 0.25) is 0 Å². The molecule has 1 saturated carbocycles. The third kappa shape index (κ3) is 2.28. The van der Waals surface area contributed by atoms with Crippen molar-refractivity contribution in [3.05, 3.63) is 10.6 Å². The monoisotopic (exact) mass is 265 g/mol. The van der Waals surface area contributed by atoms with Crippen molar-refractivity contribution in [3.8, 4) is 0 Å². The van der Waals surface area contributed by atoms with E-state index >= 15 is 0 Å². The third-order valence-electron chi connectivity index (χ3n) is 4.34. The average Bonchev–Trinajstić information content (AvgIpc) is 2.73. The first-order valence-electron chi connectivity index (χ1n) is 7.28. The SMILES string of the molecule is CCN(CC1CCC1)c1nc2c(s1)CCCC2N. The minimum Gasteiger partial charge on any atom is -0.348 e. The summed E-state index contributed by atoms with van der Waals surface area (Å²) in [7, 11) is 0. The summed E-state index contributed by atoms with van der Waals surface area (Å²) < 4.78 is 0. The van der Waals surface area contributed by atoms with E-state index in [1.54, 1.807) is 0 Å². The quantitative estimate of drug-likeness (QED) is 0.909. The van der Waals surface area contributed by atoms with E-state index in [9.17, 15) is 0 Å². The Bertz CT molecular complexity index is 411. The summed E-state index contributed by atoms with van der Waals surface area (Å²) in [4.78, 5) is 8.73. The zero-order chi connectivity index (χ0) is 12.5. The van der Waals surface area contributed by atoms with Crippen LogP contribution in [-0.4, -0.2) is 18.1 Å². The van der Waals surface area contributed by atoms with Gasteiger partial charge in [-0.25, -0.2) is 4.98 Å². The number of rotatable bonds is 4. The lowest BCUT2D eigenvalue weighted by molar-refractivity contribution is 0.318. The fourth-order valence-electron chi connectivity index (χ4n) is 2.90. The van der Waals surface area contributed by atoms with Crippen LogP contribution in [0.4, 0.5) is 5.13 Å². The van der Waals surface area contributed by atoms with Crippen LogP contribution < -0.4 is 10.6 Å². The number of fused-ring (bicyclic) bond motifs is 1. The maximum atomic E-state index is 6.17. The fraction of sp³-hybridized carbons (Fsp3) is 0.786. The minimum atomic E-state index is 0.182. The van der Waals surface area contributed by atoms with Crippen molar-refractivity contribution in [1.82, 2.24) is 4.98 Å². The molecule has 1 heterocycles. The largest absolute Gasteiger partial charge is 0.348 e. The minimum absolute atomic E-state index is 0.182. The van der Waals surface area contributed by atoms with Crippen LogP contribution in [0.25, 0.3) is 0 Å². The van der Waals surface area contributed by atoms with Gasteiger partial charge in [0, 0.05) is 24.0 Å². The number of aromatic nitrogens is 1. The molecule has 0 radical (unpaired) electrons. The summed E-state index contributed by atoms with van der Waals surface area (Å²) in [5.41, 5.74) is 7.35. The summed E-state index contributed by atoms with van der Waals surface area (Å²) in [6.07, 6.45) is 7.74. The lowest BCUT2D eigenvalue weighted by atomic mass is 9.85. The first-order valence-corrected chi connectivity index (χ1v) is 8.09. The van der Waals surface area contributed by atoms with E-state index in [0.29, 0.717) is 0 Å². The van der Waals surface area contributed by atoms with Crippen LogP contribution in [0.1, 0.15) is 55.6 Å². The standard InChI is InChI=1S/C14H23N3S/c1-2-17(9-10-5-3-6-10)14-16-13-11(15)7-4-8-12(13)18-14/h10-11H,2-9,15H2,1H3. The molecule has 100 valence electrons. The first-order chi connectivity index (χ1) is 8.78. The van der Waals surface area contributed by atoms with Gasteiger partial charge in [-0.1, -0.05) is 6.42 Å². The van der Waals surface area contributed by atoms with Crippen molar-refractivity contribution in [2.24, 2.45) is 11.7 Å². The molecule has 0 bridgehead atoms. The molecule has 1 atom stereocenters. The van der Waals surface area contributed by atoms with E-state index < -0.39 is 0 Å². The summed E-state index contributed by atoms with van der Waals surface area (Å²) in [5.74, 6) is 0.902. The normalized spacial score (nSPS) is 23.6. The van der Waals surface area contributed by atoms with Crippen LogP contribution in [0, 0.1) is 5.92 Å². The maximum Gasteiger partial charge on any atom is 0.185 e. The van der Waals surface area contributed by atoms with Gasteiger partial charge in [-0.2, -0.15) is 0 Å². The van der Waals surface area contributed by atoms with Crippen molar-refractivity contribution in [2.75, 3.05) is 18.0 Å². The summed E-state index contributed by atoms with van der Waals surface area (Å²) in [6.45, 7) is 4.50. The second kappa shape index (κ2) is 5.17. The lowest BCUT2D eigenvalue weighted by Crippen LogP contribution is -2.32. The number of nitrogens with two attached hydrogens (primary N) is 1. The first kappa shape index (κ1) is 12.4. The van der Waals surface area contributed by atoms with Crippen molar-refractivity contribution in [1.29, 1.82) is 0 Å². The van der Waals surface area contributed by atoms with Crippen LogP contribution in [-0.2, 0) is 6.42 Å². The van der Waals surface area contributed by atoms with Crippen LogP contribution in [0.3, 0.4) is 0 Å². The predicted molar refractivity (Wildman–Crippen MR) is 77.2 cm³/mol. The van der Waals surface area contributed by atoms with Crippen molar-refractivity contribution in [2.45, 2.75) is 51.5 Å². The van der Waals surface area contributed by atoms with Gasteiger partial charge in [-0.3, -0.25) is 0 Å². The van der Waals surface area contributed by atoms with Crippen LogP contribution in [0.5, 0.6) is 0 Å². The van der Waals surface area contributed by atoms with Crippen molar-refractivity contribution in [3.63, 3.8) is 0 Å². The van der Waals surface area contributed by atoms with Gasteiger partial charge in [0.05, 0.1) is 5.69 Å². The molecule has 0 aromatic carbocycles. The predicted octanol–water partition coefficient (Wildman–Crippen LogP) is 3.11. The smallest absolute Gasteiger partial charge is 0.185 e. The number of aryl methyl sites for hydroxylation is 1. The highest BCUT2D eigenvalue weighted by atomic mass is 32.1. The van der Waals surface area contributed by atoms with Gasteiger partial charge in [0.1, 0.15) is 0 Å². The zero-order valence-electron chi connectivity index (χ0n) is 11.2. The number of hydrogen-bond donors (Lipinski definition) is 1. The van der Waals surface area contributed by atoms with Gasteiger partial charge >= 0.3 is 0 Å². The van der Waals surface area contributed by atoms with Crippen molar-refractivity contribution >= 4 is 16.5 Å². The summed E-state index contributed by atoms with van der Waals surface area (Å²) in [5, 5.41) is 1.21. The van der Waals surface area contributed by atoms with E-state index in [2.05, 4.69) is 11.8 Å². The molecule has 1 aromatic rings. The maximum absolute atomic E-state index is 6.17. The number of thiazole rings is 1. The molecule has 3 rings (SSSR count). The number of anilines is 1. The van der Waals surface area contributed by atoms with Gasteiger partial charge < -0.3 is 10.6 Å². The molecule has 0 aliphatic heterocycles. The fourth-order valence-corrected chi connectivity index (χ4v) is 4.15. The Balaban J connectivity index is 1.77. The third-order valence-corrected chi connectivity index (χ3v) is 5.53. The van der Waals surface area contributed by atoms with E-state index in [-0.39, 0.29) is 6.04 Å². The molecule has 18 heavy (non-hydrogen) atoms. The van der Waals surface area contributed by atoms with Gasteiger partial charge in [0.2, 0.25) is 0 Å². The highest BCUT2D eigenvalue weighted by Crippen LogP contribution is 2.37. The Kier molecular flexibility index (Phi) is 3.57. The molecule has 0 saturated heterocycles. The molecule has 1 unspecified atom stereocenters. The number of hydrogen-bond acceptors (Lipinski definition) is 4. The molecule has 2 aliphatic carbocycles. The molecular formula is C14H23N3S. The molecule has 1 fully saturated rings. The Hall–Kier alpha value is -0.610. The second-order valence-corrected chi connectivity index (χ2v) is 6.70. The topological polar surface area (TPSA) is 42.2 Å². The average molecular weight is 265 g/mol. The van der Waals surface area contributed by atoms with E-state index in [1.165, 1.54) is 54.4 Å². The van der Waals surface area contributed by atoms with Gasteiger partial charge in [-0.15, -0.1) is 11.3 Å². The zero-order valence-corrected chi connectivity index (χ0v) is 12.0. The Morgan fingerprint density at radius 2 is 2.17 bits per heavy atom. The van der Waals surface area contributed by atoms with E-state index in [0.717, 1.165) is 18.9 Å². The number of nitrogens with zero attached hydrogens (tertiary/aromatic N) is 2. The van der Waals surface area contributed by atoms with Gasteiger partial charge in [-0.05, 0) is 44.9 Å². The molecule has 3 nitrogen and oxygen atoms in total. The lowest BCUT2D eigenvalue weighted by Gasteiger charge is -2.31. The molecular weight excluding hydrogens is 242 g/mol. The Morgan fingerprint density at radius 1 is 1.33 bits per heavy atom. The summed E-state index contributed by atoms with van der Waals surface area (Å²) in [6, 6.07) is 0.182. The molecule has 1 aromatic heterocycles. The molecule has 0 spiro atoms. The molecule has 2 N–H and O–H groups in total. The van der Waals surface area contributed by atoms with E-state index in [4.69, 9.17) is 10.7 Å². The van der Waals surface area contributed by atoms with E-state index in [1.807, 2.05) is 11.3 Å². The van der Waals surface area contributed by atoms with Crippen molar-refractivity contribution < 1.29 is 0 Å². The van der Waals surface area contributed by atoms with Crippen LogP contribution in [0.15, 0.2) is 0 Å². The van der Waals surface area contributed by atoms with Crippen LogP contribution >= 0.6 is 11.3 Å². The molecule has 4 heteroatoms. The highest BCUT2D eigenvalue weighted by Gasteiger charge is 2.25. The van der Waals surface area contributed by atoms with Gasteiger partial charge in [0.15, 0.2) is 5.13 Å². The molecule has 0 amide bonds. The Labute approximate surface area is 113 Å². The van der Waals surface area contributed by atoms with Gasteiger partial charge in [0.25, 0.3) is 0 Å². The Morgan fingerprint density at radius 3 is 2.78 bits per heavy atom. The summed E-state index contributed by atoms with van der Waals surface area (Å²) >= 11 is 1.88. The molecule has 2 aliphatic rings.